The molecule has 1 fully saturated rings. The first-order valence-corrected chi connectivity index (χ1v) is 3.89. The Morgan fingerprint density at radius 1 is 1.58 bits per heavy atom. The molecule has 0 atom stereocenters. The number of hydrogen-bond acceptors (Lipinski definition) is 3. The first-order chi connectivity index (χ1) is 5.67. The summed E-state index contributed by atoms with van der Waals surface area (Å²) in [6.07, 6.45) is 1.61. The van der Waals surface area contributed by atoms with Crippen LogP contribution in [0.25, 0.3) is 0 Å². The van der Waals surface area contributed by atoms with E-state index >= 15 is 0 Å². The predicted molar refractivity (Wildman–Crippen MR) is 43.8 cm³/mol. The molecular weight excluding hydrogens is 157 g/mol. The zero-order chi connectivity index (χ0) is 8.60. The molecule has 1 aliphatic heterocycles. The van der Waals surface area contributed by atoms with Crippen molar-refractivity contribution in [3.05, 3.63) is 18.3 Å². The van der Waals surface area contributed by atoms with Crippen LogP contribution in [0.4, 0.5) is 10.2 Å². The van der Waals surface area contributed by atoms with Crippen LogP contribution in [0.3, 0.4) is 0 Å². The van der Waals surface area contributed by atoms with Crippen molar-refractivity contribution in [3.8, 4) is 0 Å². The number of nitrogens with zero attached hydrogens (tertiary/aromatic N) is 3. The number of halogens is 1. The number of alkyl halides is 1. The lowest BCUT2D eigenvalue weighted by atomic mass is 9.99. The smallest absolute Gasteiger partial charge is 0.151 e. The van der Waals surface area contributed by atoms with Crippen molar-refractivity contribution in [3.63, 3.8) is 0 Å². The van der Waals surface area contributed by atoms with Crippen LogP contribution >= 0.6 is 0 Å². The molecule has 12 heavy (non-hydrogen) atoms. The number of aromatic nitrogens is 2. The van der Waals surface area contributed by atoms with Crippen molar-refractivity contribution in [2.75, 3.05) is 18.0 Å². The fourth-order valence-electron chi connectivity index (χ4n) is 1.37. The molecular formula is C8H10FN3. The summed E-state index contributed by atoms with van der Waals surface area (Å²) in [5.41, 5.74) is -1.04. The molecule has 0 aromatic carbocycles. The van der Waals surface area contributed by atoms with Gasteiger partial charge < -0.3 is 4.90 Å². The highest BCUT2D eigenvalue weighted by Crippen LogP contribution is 2.27. The third kappa shape index (κ3) is 1.24. The van der Waals surface area contributed by atoms with Gasteiger partial charge in [-0.25, -0.2) is 4.39 Å². The molecule has 0 amide bonds. The highest BCUT2D eigenvalue weighted by atomic mass is 19.1. The third-order valence-corrected chi connectivity index (χ3v) is 1.92. The average molecular weight is 167 g/mol. The van der Waals surface area contributed by atoms with Gasteiger partial charge >= 0.3 is 0 Å². The van der Waals surface area contributed by atoms with E-state index in [1.54, 1.807) is 19.2 Å². The van der Waals surface area contributed by atoms with Gasteiger partial charge in [0.05, 0.1) is 13.1 Å². The Kier molecular flexibility index (Phi) is 1.49. The molecule has 1 saturated heterocycles. The Labute approximate surface area is 70.2 Å². The van der Waals surface area contributed by atoms with E-state index < -0.39 is 5.67 Å². The van der Waals surface area contributed by atoms with Crippen molar-refractivity contribution < 1.29 is 4.39 Å². The Bertz CT molecular complexity index is 265. The fourth-order valence-corrected chi connectivity index (χ4v) is 1.37. The van der Waals surface area contributed by atoms with Gasteiger partial charge in [0, 0.05) is 6.20 Å². The Morgan fingerprint density at radius 3 is 2.83 bits per heavy atom. The molecule has 64 valence electrons. The van der Waals surface area contributed by atoms with Crippen molar-refractivity contribution >= 4 is 5.82 Å². The molecule has 4 heteroatoms. The summed E-state index contributed by atoms with van der Waals surface area (Å²) >= 11 is 0. The molecule has 2 rings (SSSR count). The lowest BCUT2D eigenvalue weighted by Gasteiger charge is -2.42. The predicted octanol–water partition coefficient (Wildman–Crippen LogP) is 1.02. The highest BCUT2D eigenvalue weighted by Gasteiger charge is 2.39. The Balaban J connectivity index is 2.06. The van der Waals surface area contributed by atoms with Gasteiger partial charge in [0.1, 0.15) is 5.67 Å². The van der Waals surface area contributed by atoms with E-state index in [1.807, 2.05) is 11.0 Å². The highest BCUT2D eigenvalue weighted by molar-refractivity contribution is 5.41. The summed E-state index contributed by atoms with van der Waals surface area (Å²) in [6.45, 7) is 2.44. The van der Waals surface area contributed by atoms with Crippen LogP contribution in [-0.4, -0.2) is 29.0 Å². The second-order valence-corrected chi connectivity index (χ2v) is 3.35. The second kappa shape index (κ2) is 2.40. The molecule has 2 heterocycles. The van der Waals surface area contributed by atoms with Gasteiger partial charge in [-0.3, -0.25) is 0 Å². The van der Waals surface area contributed by atoms with Gasteiger partial charge in [0.2, 0.25) is 0 Å². The second-order valence-electron chi connectivity index (χ2n) is 3.35. The van der Waals surface area contributed by atoms with Gasteiger partial charge in [-0.2, -0.15) is 5.10 Å². The maximum absolute atomic E-state index is 13.1. The van der Waals surface area contributed by atoms with E-state index in [4.69, 9.17) is 0 Å². The maximum Gasteiger partial charge on any atom is 0.151 e. The summed E-state index contributed by atoms with van der Waals surface area (Å²) in [6, 6.07) is 3.64. The number of anilines is 1. The van der Waals surface area contributed by atoms with Gasteiger partial charge in [-0.1, -0.05) is 0 Å². The maximum atomic E-state index is 13.1. The van der Waals surface area contributed by atoms with Gasteiger partial charge in [0.15, 0.2) is 5.82 Å². The summed E-state index contributed by atoms with van der Waals surface area (Å²) in [5.74, 6) is 0.757. The fraction of sp³-hybridized carbons (Fsp3) is 0.500. The SMILES string of the molecule is CC1(F)CN(c2cccnn2)C1. The quantitative estimate of drug-likeness (QED) is 0.625. The third-order valence-electron chi connectivity index (χ3n) is 1.92. The van der Waals surface area contributed by atoms with Crippen molar-refractivity contribution in [2.24, 2.45) is 0 Å². The van der Waals surface area contributed by atoms with Crippen molar-refractivity contribution in [2.45, 2.75) is 12.6 Å². The summed E-state index contributed by atoms with van der Waals surface area (Å²) < 4.78 is 13.1. The number of rotatable bonds is 1. The summed E-state index contributed by atoms with van der Waals surface area (Å²) in [7, 11) is 0. The first kappa shape index (κ1) is 7.46. The van der Waals surface area contributed by atoms with Crippen LogP contribution in [0.2, 0.25) is 0 Å². The van der Waals surface area contributed by atoms with Crippen LogP contribution in [-0.2, 0) is 0 Å². The molecule has 0 saturated carbocycles. The van der Waals surface area contributed by atoms with Crippen LogP contribution < -0.4 is 4.90 Å². The average Bonchev–Trinajstić information content (AvgIpc) is 2.02. The number of hydrogen-bond donors (Lipinski definition) is 0. The molecule has 0 bridgehead atoms. The minimum absolute atomic E-state index is 0.422. The molecule has 0 unspecified atom stereocenters. The topological polar surface area (TPSA) is 29.0 Å². The first-order valence-electron chi connectivity index (χ1n) is 3.89. The van der Waals surface area contributed by atoms with E-state index in [-0.39, 0.29) is 0 Å². The minimum atomic E-state index is -1.04. The van der Waals surface area contributed by atoms with Crippen LogP contribution in [0.15, 0.2) is 18.3 Å². The van der Waals surface area contributed by atoms with E-state index in [1.165, 1.54) is 0 Å². The van der Waals surface area contributed by atoms with E-state index in [9.17, 15) is 4.39 Å². The lowest BCUT2D eigenvalue weighted by Crippen LogP contribution is -2.57. The molecule has 1 aromatic heterocycles. The molecule has 1 aliphatic rings. The summed E-state index contributed by atoms with van der Waals surface area (Å²) in [5, 5.41) is 7.60. The van der Waals surface area contributed by atoms with E-state index in [2.05, 4.69) is 10.2 Å². The molecule has 1 aromatic rings. The molecule has 0 spiro atoms. The monoisotopic (exact) mass is 167 g/mol. The molecule has 0 aliphatic carbocycles. The van der Waals surface area contributed by atoms with Gasteiger partial charge in [0.25, 0.3) is 0 Å². The van der Waals surface area contributed by atoms with Gasteiger partial charge in [-0.05, 0) is 19.1 Å². The van der Waals surface area contributed by atoms with Crippen molar-refractivity contribution in [1.82, 2.24) is 10.2 Å². The Morgan fingerprint density at radius 2 is 2.33 bits per heavy atom. The summed E-state index contributed by atoms with van der Waals surface area (Å²) in [4.78, 5) is 1.87. The van der Waals surface area contributed by atoms with Gasteiger partial charge in [-0.15, -0.1) is 5.10 Å². The molecule has 0 N–H and O–H groups in total. The largest absolute Gasteiger partial charge is 0.349 e. The van der Waals surface area contributed by atoms with E-state index in [0.717, 1.165) is 5.82 Å². The molecule has 0 radical (unpaired) electrons. The standard InChI is InChI=1S/C8H10FN3/c1-8(9)5-12(6-8)7-3-2-4-10-11-7/h2-4H,5-6H2,1H3. The van der Waals surface area contributed by atoms with Crippen molar-refractivity contribution in [1.29, 1.82) is 0 Å². The Hall–Kier alpha value is -1.19. The van der Waals surface area contributed by atoms with Crippen LogP contribution in [0.1, 0.15) is 6.92 Å². The zero-order valence-corrected chi connectivity index (χ0v) is 6.87. The minimum Gasteiger partial charge on any atom is -0.349 e. The van der Waals surface area contributed by atoms with Crippen LogP contribution in [0.5, 0.6) is 0 Å². The molecule has 3 nitrogen and oxygen atoms in total. The lowest BCUT2D eigenvalue weighted by molar-refractivity contribution is 0.143. The zero-order valence-electron chi connectivity index (χ0n) is 6.87. The van der Waals surface area contributed by atoms with E-state index in [0.29, 0.717) is 13.1 Å². The van der Waals surface area contributed by atoms with Crippen LogP contribution in [0, 0.1) is 0 Å². The normalized spacial score (nSPS) is 20.3.